The molecule has 0 saturated heterocycles. The summed E-state index contributed by atoms with van der Waals surface area (Å²) in [5, 5.41) is 0.212. The monoisotopic (exact) mass is 764 g/mol. The first-order valence-electron chi connectivity index (χ1n) is 18.5. The fraction of sp³-hybridized carbons (Fsp3) is 0.811. The maximum Gasteiger partial charge on any atom is 0.338 e. The van der Waals surface area contributed by atoms with E-state index in [4.69, 9.17) is 61.3 Å². The summed E-state index contributed by atoms with van der Waals surface area (Å²) in [7, 11) is -1.70. The molecule has 0 radical (unpaired) electrons. The van der Waals surface area contributed by atoms with Crippen LogP contribution in [0.3, 0.4) is 0 Å². The molecule has 0 atom stereocenters. The normalized spacial score (nSPS) is 12.1. The Morgan fingerprint density at radius 2 is 0.673 bits per heavy atom. The van der Waals surface area contributed by atoms with E-state index < -0.39 is 8.32 Å². The quantitative estimate of drug-likeness (QED) is 0.0544. The van der Waals surface area contributed by atoms with Gasteiger partial charge in [0.15, 0.2) is 8.32 Å². The molecule has 0 unspecified atom stereocenters. The first-order chi connectivity index (χ1) is 25.2. The summed E-state index contributed by atoms with van der Waals surface area (Å²) in [5.41, 5.74) is 0.525. The van der Waals surface area contributed by atoms with E-state index in [2.05, 4.69) is 33.9 Å². The van der Waals surface area contributed by atoms with Crippen LogP contribution in [0.4, 0.5) is 0 Å². The van der Waals surface area contributed by atoms with Crippen molar-refractivity contribution in [2.24, 2.45) is 0 Å². The molecule has 52 heavy (non-hydrogen) atoms. The zero-order valence-electron chi connectivity index (χ0n) is 32.6. The lowest BCUT2D eigenvalue weighted by Crippen LogP contribution is -2.41. The van der Waals surface area contributed by atoms with Crippen LogP contribution < -0.4 is 0 Å². The van der Waals surface area contributed by atoms with Crippen LogP contribution in [0.5, 0.6) is 0 Å². The molecule has 304 valence electrons. The number of carbonyl (C=O) groups is 1. The molecular weight excluding hydrogens is 696 g/mol. The second-order valence-corrected chi connectivity index (χ2v) is 17.7. The van der Waals surface area contributed by atoms with Gasteiger partial charge in [-0.2, -0.15) is 0 Å². The van der Waals surface area contributed by atoms with Gasteiger partial charge in [-0.1, -0.05) is 39.0 Å². The highest BCUT2D eigenvalue weighted by Crippen LogP contribution is 2.36. The second-order valence-electron chi connectivity index (χ2n) is 12.8. The van der Waals surface area contributed by atoms with Gasteiger partial charge < -0.3 is 61.3 Å². The zero-order valence-corrected chi connectivity index (χ0v) is 33.6. The average molecular weight is 765 g/mol. The van der Waals surface area contributed by atoms with Gasteiger partial charge >= 0.3 is 5.97 Å². The Labute approximate surface area is 313 Å². The zero-order chi connectivity index (χ0) is 37.9. The van der Waals surface area contributed by atoms with Gasteiger partial charge in [0.05, 0.1) is 158 Å². The van der Waals surface area contributed by atoms with Gasteiger partial charge in [0.2, 0.25) is 0 Å². The van der Waals surface area contributed by atoms with E-state index in [1.54, 1.807) is 24.3 Å². The molecule has 1 aromatic carbocycles. The highest BCUT2D eigenvalue weighted by atomic mass is 28.4. The molecule has 0 fully saturated rings. The van der Waals surface area contributed by atoms with Crippen molar-refractivity contribution >= 4 is 14.3 Å². The molecule has 1 aromatic rings. The highest BCUT2D eigenvalue weighted by molar-refractivity contribution is 6.74. The van der Waals surface area contributed by atoms with Gasteiger partial charge in [0.1, 0.15) is 6.61 Å². The van der Waals surface area contributed by atoms with Gasteiger partial charge in [-0.25, -0.2) is 4.79 Å². The number of ether oxygens (including phenoxy) is 12. The van der Waals surface area contributed by atoms with Gasteiger partial charge in [0.25, 0.3) is 0 Å². The minimum Gasteiger partial charge on any atom is -0.460 e. The van der Waals surface area contributed by atoms with Gasteiger partial charge in [-0.3, -0.25) is 0 Å². The molecule has 0 aliphatic heterocycles. The van der Waals surface area contributed by atoms with Crippen molar-refractivity contribution in [1.29, 1.82) is 0 Å². The molecule has 0 spiro atoms. The summed E-state index contributed by atoms with van der Waals surface area (Å²) in [4.78, 5) is 11.8. The van der Waals surface area contributed by atoms with E-state index in [1.807, 2.05) is 6.07 Å². The lowest BCUT2D eigenvalue weighted by Gasteiger charge is -2.36. The minimum atomic E-state index is -1.70. The van der Waals surface area contributed by atoms with Crippen LogP contribution in [0.1, 0.15) is 31.1 Å². The maximum atomic E-state index is 11.8. The van der Waals surface area contributed by atoms with E-state index in [0.29, 0.717) is 158 Å². The molecule has 1 rings (SSSR count). The lowest BCUT2D eigenvalue weighted by atomic mass is 10.2. The maximum absolute atomic E-state index is 11.8. The Kier molecular flexibility index (Phi) is 31.6. The van der Waals surface area contributed by atoms with Crippen molar-refractivity contribution in [2.75, 3.05) is 159 Å². The van der Waals surface area contributed by atoms with Crippen LogP contribution >= 0.6 is 0 Å². The highest BCUT2D eigenvalue weighted by Gasteiger charge is 2.36. The minimum absolute atomic E-state index is 0.201. The summed E-state index contributed by atoms with van der Waals surface area (Å²) in [5.74, 6) is -0.357. The molecule has 0 aliphatic rings. The first-order valence-corrected chi connectivity index (χ1v) is 21.4. The van der Waals surface area contributed by atoms with E-state index in [9.17, 15) is 4.79 Å². The van der Waals surface area contributed by atoms with E-state index in [1.165, 1.54) is 0 Å². The first kappa shape index (κ1) is 48.4. The van der Waals surface area contributed by atoms with Gasteiger partial charge in [-0.15, -0.1) is 0 Å². The fourth-order valence-corrected chi connectivity index (χ4v) is 4.75. The van der Waals surface area contributed by atoms with Crippen LogP contribution in [0.25, 0.3) is 0 Å². The molecule has 0 aromatic heterocycles. The Morgan fingerprint density at radius 3 is 0.942 bits per heavy atom. The Hall–Kier alpha value is -1.57. The topological polar surface area (TPSA) is 137 Å². The summed E-state index contributed by atoms with van der Waals surface area (Å²) >= 11 is 0. The summed E-state index contributed by atoms with van der Waals surface area (Å²) < 4.78 is 71.6. The molecule has 0 N–H and O–H groups in total. The smallest absolute Gasteiger partial charge is 0.338 e. The molecule has 0 amide bonds. The van der Waals surface area contributed by atoms with Crippen molar-refractivity contribution in [1.82, 2.24) is 0 Å². The predicted molar refractivity (Wildman–Crippen MR) is 199 cm³/mol. The molecule has 14 nitrogen and oxygen atoms in total. The molecule has 0 aliphatic carbocycles. The van der Waals surface area contributed by atoms with Crippen LogP contribution in [0.2, 0.25) is 18.1 Å². The summed E-state index contributed by atoms with van der Waals surface area (Å²) in [6, 6.07) is 8.85. The Bertz CT molecular complexity index is 919. The number of hydrogen-bond donors (Lipinski definition) is 0. The van der Waals surface area contributed by atoms with E-state index in [0.717, 1.165) is 0 Å². The van der Waals surface area contributed by atoms with Crippen molar-refractivity contribution in [3.8, 4) is 0 Å². The standard InChI is InChI=1S/C37H68O14Si/c1-37(2,3)52(4,5)51-34-32-49-30-28-47-26-24-45-22-20-43-18-16-41-14-12-39-11-13-40-15-17-42-19-21-44-23-25-46-27-29-48-31-33-50-36(38)35-9-7-6-8-10-35/h6-10H,11-34H2,1-5H3. The van der Waals surface area contributed by atoms with Crippen LogP contribution in [-0.4, -0.2) is 173 Å². The largest absolute Gasteiger partial charge is 0.460 e. The third kappa shape index (κ3) is 29.8. The van der Waals surface area contributed by atoms with Crippen molar-refractivity contribution in [3.63, 3.8) is 0 Å². The Balaban J connectivity index is 1.65. The third-order valence-corrected chi connectivity index (χ3v) is 12.2. The number of carbonyl (C=O) groups excluding carboxylic acids is 1. The fourth-order valence-electron chi connectivity index (χ4n) is 3.72. The SMILES string of the molecule is CC(C)(C)[Si](C)(C)OCCOCCOCCOCCOCCOCCOCCOCCOCCOCCOCCOCCOC(=O)c1ccccc1. The van der Waals surface area contributed by atoms with Gasteiger partial charge in [-0.05, 0) is 30.3 Å². The number of esters is 1. The second kappa shape index (κ2) is 34.0. The molecule has 15 heteroatoms. The summed E-state index contributed by atoms with van der Waals surface area (Å²) in [6.07, 6.45) is 0. The van der Waals surface area contributed by atoms with Crippen molar-refractivity contribution in [3.05, 3.63) is 35.9 Å². The van der Waals surface area contributed by atoms with E-state index in [-0.39, 0.29) is 17.6 Å². The van der Waals surface area contributed by atoms with Crippen LogP contribution in [-0.2, 0) is 61.3 Å². The van der Waals surface area contributed by atoms with Crippen LogP contribution in [0.15, 0.2) is 30.3 Å². The molecule has 0 heterocycles. The number of rotatable bonds is 38. The Morgan fingerprint density at radius 1 is 0.423 bits per heavy atom. The number of benzene rings is 1. The van der Waals surface area contributed by atoms with E-state index >= 15 is 0 Å². The molecule has 0 saturated carbocycles. The number of hydrogen-bond acceptors (Lipinski definition) is 14. The lowest BCUT2D eigenvalue weighted by molar-refractivity contribution is -0.0282. The molecule has 0 bridgehead atoms. The van der Waals surface area contributed by atoms with Crippen molar-refractivity contribution < 1.29 is 66.1 Å². The third-order valence-electron chi connectivity index (χ3n) is 7.69. The van der Waals surface area contributed by atoms with Crippen molar-refractivity contribution in [2.45, 2.75) is 38.9 Å². The average Bonchev–Trinajstić information content (AvgIpc) is 3.12. The van der Waals surface area contributed by atoms with Gasteiger partial charge in [0, 0.05) is 0 Å². The molecular formula is C37H68O14Si. The van der Waals surface area contributed by atoms with Crippen LogP contribution in [0, 0.1) is 0 Å². The predicted octanol–water partition coefficient (Wildman–Crippen LogP) is 4.05. The summed E-state index contributed by atoms with van der Waals surface area (Å²) in [6.45, 7) is 22.8.